The Morgan fingerprint density at radius 1 is 1.11 bits per heavy atom. The molecule has 0 bridgehead atoms. The maximum atomic E-state index is 13.6. The number of fused-ring (bicyclic) bond motifs is 1. The number of nitrogens with one attached hydrogen (secondary N) is 1. The Bertz CT molecular complexity index is 1410. The first kappa shape index (κ1) is 28.3. The summed E-state index contributed by atoms with van der Waals surface area (Å²) in [7, 11) is -1.96. The minimum atomic E-state index is -3.78. The second-order valence-electron chi connectivity index (χ2n) is 9.78. The van der Waals surface area contributed by atoms with Crippen LogP contribution in [0, 0.1) is 0 Å². The fraction of sp³-hybridized carbons (Fsp3) is 0.556. The number of aromatic amines is 1. The smallest absolute Gasteiger partial charge is 0.275 e. The van der Waals surface area contributed by atoms with E-state index in [9.17, 15) is 17.6 Å². The SMILES string of the molecule is CCCOc1ccc(S(=O)(=O)N2CCN(CCCCF)CC2)cc1-c1nc2c(CCC)cn(C)c2c(=O)[nH]1. The van der Waals surface area contributed by atoms with Crippen LogP contribution in [0.25, 0.3) is 22.4 Å². The summed E-state index contributed by atoms with van der Waals surface area (Å²) in [5, 5.41) is 0. The number of alkyl halides is 1. The molecule has 1 aliphatic heterocycles. The lowest BCUT2D eigenvalue weighted by Crippen LogP contribution is -2.48. The van der Waals surface area contributed by atoms with Crippen LogP contribution in [0.5, 0.6) is 5.75 Å². The molecule has 0 unspecified atom stereocenters. The molecular formula is C27H38FN5O4S. The number of aromatic nitrogens is 3. The van der Waals surface area contributed by atoms with E-state index in [-0.39, 0.29) is 23.0 Å². The van der Waals surface area contributed by atoms with Gasteiger partial charge < -0.3 is 19.2 Å². The van der Waals surface area contributed by atoms with Crippen molar-refractivity contribution in [3.63, 3.8) is 0 Å². The van der Waals surface area contributed by atoms with E-state index in [1.165, 1.54) is 4.31 Å². The third-order valence-corrected chi connectivity index (χ3v) is 8.81. The van der Waals surface area contributed by atoms with Crippen molar-refractivity contribution in [1.29, 1.82) is 0 Å². The lowest BCUT2D eigenvalue weighted by Gasteiger charge is -2.34. The molecule has 3 aromatic rings. The van der Waals surface area contributed by atoms with Gasteiger partial charge in [0.1, 0.15) is 17.1 Å². The number of nitrogens with zero attached hydrogens (tertiary/aromatic N) is 4. The zero-order chi connectivity index (χ0) is 27.3. The van der Waals surface area contributed by atoms with E-state index in [1.54, 1.807) is 22.8 Å². The van der Waals surface area contributed by atoms with Crippen molar-refractivity contribution >= 4 is 21.1 Å². The highest BCUT2D eigenvalue weighted by Gasteiger charge is 2.29. The molecule has 1 N–H and O–H groups in total. The number of rotatable bonds is 12. The summed E-state index contributed by atoms with van der Waals surface area (Å²) in [4.78, 5) is 23.0. The highest BCUT2D eigenvalue weighted by atomic mass is 32.2. The highest BCUT2D eigenvalue weighted by Crippen LogP contribution is 2.32. The van der Waals surface area contributed by atoms with E-state index in [0.717, 1.165) is 37.8 Å². The number of hydrogen-bond acceptors (Lipinski definition) is 6. The summed E-state index contributed by atoms with van der Waals surface area (Å²) < 4.78 is 48.8. The highest BCUT2D eigenvalue weighted by molar-refractivity contribution is 7.89. The minimum absolute atomic E-state index is 0.131. The van der Waals surface area contributed by atoms with Gasteiger partial charge in [-0.2, -0.15) is 4.31 Å². The van der Waals surface area contributed by atoms with E-state index in [2.05, 4.69) is 16.8 Å². The van der Waals surface area contributed by atoms with E-state index < -0.39 is 10.0 Å². The monoisotopic (exact) mass is 547 g/mol. The molecule has 0 atom stereocenters. The van der Waals surface area contributed by atoms with E-state index in [4.69, 9.17) is 9.72 Å². The standard InChI is InChI=1S/C27H38FN5O4S/c1-4-8-20-19-31(3)25-24(20)29-26(30-27(25)34)22-18-21(9-10-23(22)37-17-5-2)38(35,36)33-15-13-32(14-16-33)12-7-6-11-28/h9-10,18-19H,4-8,11-17H2,1-3H3,(H,29,30,34). The summed E-state index contributed by atoms with van der Waals surface area (Å²) >= 11 is 0. The molecule has 0 spiro atoms. The van der Waals surface area contributed by atoms with E-state index in [1.807, 2.05) is 20.2 Å². The Morgan fingerprint density at radius 2 is 1.87 bits per heavy atom. The van der Waals surface area contributed by atoms with Gasteiger partial charge in [-0.15, -0.1) is 0 Å². The molecule has 11 heteroatoms. The van der Waals surface area contributed by atoms with E-state index in [0.29, 0.717) is 61.6 Å². The fourth-order valence-corrected chi connectivity index (χ4v) is 6.37. The van der Waals surface area contributed by atoms with Gasteiger partial charge in [0.25, 0.3) is 5.56 Å². The van der Waals surface area contributed by atoms with Crippen LogP contribution in [-0.2, 0) is 23.5 Å². The topological polar surface area (TPSA) is 101 Å². The van der Waals surface area contributed by atoms with Gasteiger partial charge in [-0.1, -0.05) is 20.3 Å². The van der Waals surface area contributed by atoms with Crippen LogP contribution >= 0.6 is 0 Å². The lowest BCUT2D eigenvalue weighted by atomic mass is 10.1. The van der Waals surface area contributed by atoms with Gasteiger partial charge in [0.05, 0.1) is 29.3 Å². The number of H-pyrrole nitrogens is 1. The zero-order valence-electron chi connectivity index (χ0n) is 22.5. The van der Waals surface area contributed by atoms with Crippen LogP contribution in [0.1, 0.15) is 45.1 Å². The molecule has 1 fully saturated rings. The predicted octanol–water partition coefficient (Wildman–Crippen LogP) is 3.73. The molecule has 4 rings (SSSR count). The number of halogens is 1. The number of sulfonamides is 1. The third-order valence-electron chi connectivity index (χ3n) is 6.92. The number of aryl methyl sites for hydroxylation is 2. The van der Waals surface area contributed by atoms with Crippen LogP contribution in [0.15, 0.2) is 34.1 Å². The summed E-state index contributed by atoms with van der Waals surface area (Å²) in [6.07, 6.45) is 5.68. The molecule has 0 aliphatic carbocycles. The van der Waals surface area contributed by atoms with Crippen LogP contribution in [0.2, 0.25) is 0 Å². The van der Waals surface area contributed by atoms with Crippen molar-refractivity contribution in [3.05, 3.63) is 40.3 Å². The Kier molecular flexibility index (Phi) is 9.22. The van der Waals surface area contributed by atoms with Crippen molar-refractivity contribution in [1.82, 2.24) is 23.7 Å². The Hall–Kier alpha value is -2.76. The molecule has 9 nitrogen and oxygen atoms in total. The summed E-state index contributed by atoms with van der Waals surface area (Å²) in [6, 6.07) is 4.76. The molecule has 0 saturated carbocycles. The molecule has 208 valence electrons. The van der Waals surface area contributed by atoms with Gasteiger partial charge >= 0.3 is 0 Å². The van der Waals surface area contributed by atoms with Gasteiger partial charge in [0, 0.05) is 39.4 Å². The normalized spacial score (nSPS) is 15.4. The first-order chi connectivity index (χ1) is 18.3. The molecule has 2 aromatic heterocycles. The Morgan fingerprint density at radius 3 is 2.55 bits per heavy atom. The molecule has 1 saturated heterocycles. The predicted molar refractivity (Wildman–Crippen MR) is 147 cm³/mol. The number of unbranched alkanes of at least 4 members (excludes halogenated alkanes) is 1. The van der Waals surface area contributed by atoms with Crippen LogP contribution < -0.4 is 10.3 Å². The fourth-order valence-electron chi connectivity index (χ4n) is 4.92. The molecule has 0 amide bonds. The number of piperazine rings is 1. The van der Waals surface area contributed by atoms with E-state index >= 15 is 0 Å². The van der Waals surface area contributed by atoms with Crippen LogP contribution in [0.3, 0.4) is 0 Å². The summed E-state index contributed by atoms with van der Waals surface area (Å²) in [5.74, 6) is 0.755. The zero-order valence-corrected chi connectivity index (χ0v) is 23.3. The Labute approximate surface area is 223 Å². The average molecular weight is 548 g/mol. The molecule has 1 aliphatic rings. The molecule has 0 radical (unpaired) electrons. The first-order valence-electron chi connectivity index (χ1n) is 13.4. The molecule has 38 heavy (non-hydrogen) atoms. The van der Waals surface area contributed by atoms with Crippen LogP contribution in [-0.4, -0.2) is 78.2 Å². The van der Waals surface area contributed by atoms with Gasteiger partial charge in [0.15, 0.2) is 0 Å². The van der Waals surface area contributed by atoms with Crippen molar-refractivity contribution in [2.24, 2.45) is 7.05 Å². The van der Waals surface area contributed by atoms with Gasteiger partial charge in [-0.25, -0.2) is 13.4 Å². The van der Waals surface area contributed by atoms with Gasteiger partial charge in [0.2, 0.25) is 10.0 Å². The minimum Gasteiger partial charge on any atom is -0.493 e. The molecule has 1 aromatic carbocycles. The second kappa shape index (κ2) is 12.4. The molecular weight excluding hydrogens is 509 g/mol. The molecule has 3 heterocycles. The van der Waals surface area contributed by atoms with Crippen molar-refractivity contribution in [2.75, 3.05) is 46.0 Å². The van der Waals surface area contributed by atoms with Crippen molar-refractivity contribution < 1.29 is 17.5 Å². The Balaban J connectivity index is 1.70. The van der Waals surface area contributed by atoms with Gasteiger partial charge in [-0.05, 0) is 56.0 Å². The quantitative estimate of drug-likeness (QED) is 0.347. The third kappa shape index (κ3) is 5.94. The second-order valence-corrected chi connectivity index (χ2v) is 11.7. The van der Waals surface area contributed by atoms with Crippen molar-refractivity contribution in [2.45, 2.75) is 50.8 Å². The number of ether oxygens (including phenoxy) is 1. The maximum absolute atomic E-state index is 13.6. The van der Waals surface area contributed by atoms with Crippen LogP contribution in [0.4, 0.5) is 4.39 Å². The maximum Gasteiger partial charge on any atom is 0.275 e. The number of benzene rings is 1. The van der Waals surface area contributed by atoms with Crippen molar-refractivity contribution in [3.8, 4) is 17.1 Å². The van der Waals surface area contributed by atoms with Gasteiger partial charge in [-0.3, -0.25) is 9.18 Å². The largest absolute Gasteiger partial charge is 0.493 e. The summed E-state index contributed by atoms with van der Waals surface area (Å²) in [5.41, 5.74) is 2.23. The lowest BCUT2D eigenvalue weighted by molar-refractivity contribution is 0.184. The first-order valence-corrected chi connectivity index (χ1v) is 14.9. The summed E-state index contributed by atoms with van der Waals surface area (Å²) in [6.45, 7) is 6.90. The number of hydrogen-bond donors (Lipinski definition) is 1. The average Bonchev–Trinajstić information content (AvgIpc) is 3.23.